The van der Waals surface area contributed by atoms with Crippen LogP contribution in [-0.2, 0) is 0 Å². The van der Waals surface area contributed by atoms with Gasteiger partial charge in [-0.1, -0.05) is 37.3 Å². The number of hydrogen-bond donors (Lipinski definition) is 1. The Morgan fingerprint density at radius 2 is 2.00 bits per heavy atom. The molecule has 1 unspecified atom stereocenters. The molecule has 0 saturated heterocycles. The van der Waals surface area contributed by atoms with Crippen LogP contribution in [0.5, 0.6) is 10.8 Å². The lowest BCUT2D eigenvalue weighted by molar-refractivity contribution is -0.385. The van der Waals surface area contributed by atoms with Crippen molar-refractivity contribution >= 4 is 17.0 Å². The van der Waals surface area contributed by atoms with Crippen LogP contribution in [0.4, 0.5) is 5.69 Å². The Labute approximate surface area is 127 Å². The number of nitro groups is 1. The van der Waals surface area contributed by atoms with Crippen LogP contribution in [0.25, 0.3) is 0 Å². The van der Waals surface area contributed by atoms with Gasteiger partial charge in [0.1, 0.15) is 5.75 Å². The van der Waals surface area contributed by atoms with Gasteiger partial charge in [-0.05, 0) is 30.5 Å². The summed E-state index contributed by atoms with van der Waals surface area (Å²) in [7, 11) is 0. The Bertz CT molecular complexity index is 649. The molecule has 0 aliphatic rings. The summed E-state index contributed by atoms with van der Waals surface area (Å²) in [5, 5.41) is 20.8. The van der Waals surface area contributed by atoms with Crippen molar-refractivity contribution in [1.82, 2.24) is 0 Å². The molecule has 0 aliphatic heterocycles. The zero-order valence-electron chi connectivity index (χ0n) is 12.1. The minimum atomic E-state index is -0.756. The monoisotopic (exact) mass is 307 g/mol. The fourth-order valence-corrected chi connectivity index (χ4v) is 2.76. The lowest BCUT2D eigenvalue weighted by atomic mass is 10.0. The highest BCUT2D eigenvalue weighted by atomic mass is 32.1. The van der Waals surface area contributed by atoms with Gasteiger partial charge in [-0.15, -0.1) is 0 Å². The molecule has 1 N–H and O–H groups in total. The van der Waals surface area contributed by atoms with Gasteiger partial charge in [0.25, 0.3) is 5.06 Å². The molecular formula is C15H17NO4S. The highest BCUT2D eigenvalue weighted by Crippen LogP contribution is 2.42. The predicted octanol–water partition coefficient (Wildman–Crippen LogP) is 4.63. The van der Waals surface area contributed by atoms with Crippen LogP contribution in [-0.4, -0.2) is 10.0 Å². The molecule has 1 heterocycles. The second kappa shape index (κ2) is 6.24. The van der Waals surface area contributed by atoms with Gasteiger partial charge in [0.2, 0.25) is 0 Å². The van der Waals surface area contributed by atoms with E-state index in [9.17, 15) is 15.2 Å². The first kappa shape index (κ1) is 15.5. The van der Waals surface area contributed by atoms with Crippen LogP contribution in [0.3, 0.4) is 0 Å². The summed E-state index contributed by atoms with van der Waals surface area (Å²) in [5.41, 5.74) is 0.980. The van der Waals surface area contributed by atoms with Gasteiger partial charge >= 0.3 is 5.69 Å². The van der Waals surface area contributed by atoms with Crippen molar-refractivity contribution in [2.24, 2.45) is 0 Å². The fraction of sp³-hybridized carbons (Fsp3) is 0.333. The minimum absolute atomic E-state index is 0.120. The Morgan fingerprint density at radius 3 is 2.57 bits per heavy atom. The lowest BCUT2D eigenvalue weighted by Crippen LogP contribution is -1.91. The number of thiophene rings is 1. The van der Waals surface area contributed by atoms with E-state index in [4.69, 9.17) is 4.74 Å². The quantitative estimate of drug-likeness (QED) is 0.646. The molecule has 0 saturated carbocycles. The van der Waals surface area contributed by atoms with Crippen molar-refractivity contribution < 1.29 is 14.8 Å². The molecule has 0 radical (unpaired) electrons. The van der Waals surface area contributed by atoms with E-state index in [1.165, 1.54) is 6.07 Å². The van der Waals surface area contributed by atoms with Crippen molar-refractivity contribution in [3.63, 3.8) is 0 Å². The molecule has 5 nitrogen and oxygen atoms in total. The van der Waals surface area contributed by atoms with E-state index in [0.29, 0.717) is 16.5 Å². The summed E-state index contributed by atoms with van der Waals surface area (Å²) in [6.07, 6.45) is -0.756. The highest BCUT2D eigenvalue weighted by Gasteiger charge is 2.23. The molecule has 0 bridgehead atoms. The zero-order valence-corrected chi connectivity index (χ0v) is 12.9. The molecular weight excluding hydrogens is 290 g/mol. The average Bonchev–Trinajstić information content (AvgIpc) is 2.83. The molecule has 1 atom stereocenters. The van der Waals surface area contributed by atoms with Gasteiger partial charge in [-0.25, -0.2) is 0 Å². The summed E-state index contributed by atoms with van der Waals surface area (Å²) in [6.45, 7) is 5.70. The summed E-state index contributed by atoms with van der Waals surface area (Å²) in [4.78, 5) is 11.1. The van der Waals surface area contributed by atoms with Crippen molar-refractivity contribution in [1.29, 1.82) is 0 Å². The van der Waals surface area contributed by atoms with Crippen molar-refractivity contribution in [3.05, 3.63) is 50.9 Å². The molecule has 6 heteroatoms. The number of aliphatic hydroxyl groups is 1. The summed E-state index contributed by atoms with van der Waals surface area (Å²) in [6, 6.07) is 8.84. The first-order valence-electron chi connectivity index (χ1n) is 6.62. The molecule has 1 aromatic heterocycles. The molecule has 1 aromatic carbocycles. The number of nitrogens with zero attached hydrogens (tertiary/aromatic N) is 1. The Balaban J connectivity index is 2.34. The van der Waals surface area contributed by atoms with Crippen LogP contribution in [0.2, 0.25) is 0 Å². The second-order valence-electron chi connectivity index (χ2n) is 5.08. The number of benzene rings is 1. The first-order valence-corrected chi connectivity index (χ1v) is 7.44. The van der Waals surface area contributed by atoms with Crippen LogP contribution in [0.1, 0.15) is 43.2 Å². The van der Waals surface area contributed by atoms with Crippen LogP contribution in [0.15, 0.2) is 30.3 Å². The third-order valence-corrected chi connectivity index (χ3v) is 4.21. The highest BCUT2D eigenvalue weighted by molar-refractivity contribution is 7.14. The van der Waals surface area contributed by atoms with E-state index in [-0.39, 0.29) is 10.8 Å². The van der Waals surface area contributed by atoms with Gasteiger partial charge in [-0.3, -0.25) is 10.1 Å². The van der Waals surface area contributed by atoms with Crippen molar-refractivity contribution in [2.45, 2.75) is 32.8 Å². The van der Waals surface area contributed by atoms with E-state index in [2.05, 4.69) is 13.8 Å². The maximum Gasteiger partial charge on any atom is 0.323 e. The van der Waals surface area contributed by atoms with Gasteiger partial charge in [0.15, 0.2) is 0 Å². The molecule has 21 heavy (non-hydrogen) atoms. The minimum Gasteiger partial charge on any atom is -0.440 e. The van der Waals surface area contributed by atoms with Gasteiger partial charge in [0, 0.05) is 10.9 Å². The smallest absolute Gasteiger partial charge is 0.323 e. The number of rotatable bonds is 5. The predicted molar refractivity (Wildman–Crippen MR) is 82.2 cm³/mol. The molecule has 0 amide bonds. The molecule has 0 fully saturated rings. The Kier molecular flexibility index (Phi) is 4.59. The first-order chi connectivity index (χ1) is 9.88. The third kappa shape index (κ3) is 3.59. The molecule has 0 spiro atoms. The number of hydrogen-bond acceptors (Lipinski definition) is 5. The molecule has 0 aliphatic carbocycles. The van der Waals surface area contributed by atoms with E-state index >= 15 is 0 Å². The summed E-state index contributed by atoms with van der Waals surface area (Å²) < 4.78 is 5.66. The fourth-order valence-electron chi connectivity index (χ4n) is 1.83. The van der Waals surface area contributed by atoms with Gasteiger partial charge in [0.05, 0.1) is 11.0 Å². The topological polar surface area (TPSA) is 72.6 Å². The van der Waals surface area contributed by atoms with Crippen LogP contribution < -0.4 is 4.74 Å². The SMILES string of the molecule is CC(C)c1cccc(Oc2sc(C(C)O)cc2[N+](=O)[O-])c1. The second-order valence-corrected chi connectivity index (χ2v) is 6.13. The number of ether oxygens (including phenoxy) is 1. The molecule has 2 aromatic rings. The van der Waals surface area contributed by atoms with E-state index in [0.717, 1.165) is 16.9 Å². The van der Waals surface area contributed by atoms with Crippen LogP contribution in [0, 0.1) is 10.1 Å². The zero-order chi connectivity index (χ0) is 15.6. The normalized spacial score (nSPS) is 12.4. The third-order valence-electron chi connectivity index (χ3n) is 3.04. The van der Waals surface area contributed by atoms with Gasteiger partial charge in [-0.2, -0.15) is 0 Å². The van der Waals surface area contributed by atoms with E-state index in [1.807, 2.05) is 18.2 Å². The molecule has 112 valence electrons. The maximum absolute atomic E-state index is 11.1. The summed E-state index contributed by atoms with van der Waals surface area (Å²) >= 11 is 1.09. The van der Waals surface area contributed by atoms with Gasteiger partial charge < -0.3 is 9.84 Å². The lowest BCUT2D eigenvalue weighted by Gasteiger charge is -2.08. The standard InChI is InChI=1S/C15H17NO4S/c1-9(2)11-5-4-6-12(7-11)20-15-13(16(18)19)8-14(21-15)10(3)17/h4-10,17H,1-3H3. The molecule has 2 rings (SSSR count). The Hall–Kier alpha value is -1.92. The van der Waals surface area contributed by atoms with Crippen molar-refractivity contribution in [3.8, 4) is 10.8 Å². The average molecular weight is 307 g/mol. The maximum atomic E-state index is 11.1. The van der Waals surface area contributed by atoms with Crippen molar-refractivity contribution in [2.75, 3.05) is 0 Å². The Morgan fingerprint density at radius 1 is 1.29 bits per heavy atom. The van der Waals surface area contributed by atoms with E-state index < -0.39 is 11.0 Å². The largest absolute Gasteiger partial charge is 0.440 e. The van der Waals surface area contributed by atoms with E-state index in [1.54, 1.807) is 13.0 Å². The number of aliphatic hydroxyl groups excluding tert-OH is 1. The van der Waals surface area contributed by atoms with Crippen LogP contribution >= 0.6 is 11.3 Å². The summed E-state index contributed by atoms with van der Waals surface area (Å²) in [5.74, 6) is 0.906.